The van der Waals surface area contributed by atoms with Gasteiger partial charge in [0.1, 0.15) is 6.54 Å². The maximum atomic E-state index is 12.0. The van der Waals surface area contributed by atoms with Crippen molar-refractivity contribution in [3.63, 3.8) is 0 Å². The Labute approximate surface area is 158 Å². The Morgan fingerprint density at radius 1 is 1.32 bits per heavy atom. The monoisotopic (exact) mass is 342 g/mol. The van der Waals surface area contributed by atoms with Gasteiger partial charge in [-0.15, -0.1) is 0 Å². The number of fused-ring (bicyclic) bond motifs is 1. The van der Waals surface area contributed by atoms with E-state index in [1.54, 1.807) is 4.90 Å². The maximum absolute atomic E-state index is 12.0. The molecule has 132 valence electrons. The average molecular weight is 342 g/mol. The Morgan fingerprint density at radius 2 is 2.08 bits per heavy atom. The average Bonchev–Trinajstić information content (AvgIpc) is 2.55. The molecule has 1 aliphatic heterocycles. The first-order valence-corrected chi connectivity index (χ1v) is 7.86. The molecule has 0 fully saturated rings. The second kappa shape index (κ2) is 9.96. The summed E-state index contributed by atoms with van der Waals surface area (Å²) in [5, 5.41) is 16.6. The molecule has 0 radical (unpaired) electrons. The molecule has 0 unspecified atom stereocenters. The number of rotatable bonds is 5. The number of benzene rings is 1. The fourth-order valence-corrected chi connectivity index (χ4v) is 2.51. The summed E-state index contributed by atoms with van der Waals surface area (Å²) in [4.78, 5) is 35.7. The molecule has 1 heterocycles. The van der Waals surface area contributed by atoms with Crippen LogP contribution in [0.25, 0.3) is 0 Å². The molecule has 8 nitrogen and oxygen atoms in total. The number of anilines is 1. The number of urea groups is 1. The summed E-state index contributed by atoms with van der Waals surface area (Å²) in [6.45, 7) is 3.57. The normalized spacial score (nSPS) is 13.5. The van der Waals surface area contributed by atoms with E-state index in [4.69, 9.17) is 5.11 Å². The summed E-state index contributed by atoms with van der Waals surface area (Å²) in [5.41, 5.74) is 2.86. The van der Waals surface area contributed by atoms with E-state index in [2.05, 4.69) is 16.0 Å². The number of nitrogens with zero attached hydrogens (tertiary/aromatic N) is 1. The van der Waals surface area contributed by atoms with Crippen LogP contribution >= 0.6 is 0 Å². The molecule has 9 heteroatoms. The molecule has 1 aromatic rings. The first-order chi connectivity index (χ1) is 11.5. The SMILES string of the molecule is CCN1Cc2cc(CNC(=O)NCC(=O)O)ccc2NCCC1=O.[LiH]. The van der Waals surface area contributed by atoms with Gasteiger partial charge in [-0.1, -0.05) is 12.1 Å². The number of amides is 3. The van der Waals surface area contributed by atoms with Gasteiger partial charge in [0.05, 0.1) is 0 Å². The van der Waals surface area contributed by atoms with Crippen LogP contribution in [0.15, 0.2) is 18.2 Å². The molecule has 0 atom stereocenters. The minimum atomic E-state index is -1.10. The van der Waals surface area contributed by atoms with Gasteiger partial charge < -0.3 is 26.0 Å². The van der Waals surface area contributed by atoms with Crippen molar-refractivity contribution in [2.75, 3.05) is 25.0 Å². The van der Waals surface area contributed by atoms with Crippen molar-refractivity contribution in [1.82, 2.24) is 15.5 Å². The summed E-state index contributed by atoms with van der Waals surface area (Å²) in [6.07, 6.45) is 0.473. The van der Waals surface area contributed by atoms with Crippen LogP contribution in [0.1, 0.15) is 24.5 Å². The number of carbonyl (C=O) groups is 3. The molecule has 0 saturated carbocycles. The van der Waals surface area contributed by atoms with Gasteiger partial charge in [0.15, 0.2) is 0 Å². The second-order valence-electron chi connectivity index (χ2n) is 5.51. The van der Waals surface area contributed by atoms with Crippen LogP contribution < -0.4 is 16.0 Å². The Hall–Kier alpha value is -2.17. The predicted octanol–water partition coefficient (Wildman–Crippen LogP) is 0.0860. The van der Waals surface area contributed by atoms with Crippen molar-refractivity contribution >= 4 is 42.5 Å². The molecule has 4 N–H and O–H groups in total. The van der Waals surface area contributed by atoms with E-state index >= 15 is 0 Å². The molecule has 25 heavy (non-hydrogen) atoms. The molecule has 1 aromatic carbocycles. The summed E-state index contributed by atoms with van der Waals surface area (Å²) < 4.78 is 0. The standard InChI is InChI=1S/C16H22N4O4.Li.H/c1-2-20-10-12-7-11(8-18-16(24)19-9-15(22)23)3-4-13(12)17-6-5-14(20)21;;/h3-4,7,17H,2,5-6,8-10H2,1H3,(H,22,23)(H2,18,19,24);;. The van der Waals surface area contributed by atoms with Crippen LogP contribution in [-0.2, 0) is 22.7 Å². The van der Waals surface area contributed by atoms with Crippen molar-refractivity contribution in [2.24, 2.45) is 0 Å². The van der Waals surface area contributed by atoms with E-state index in [0.717, 1.165) is 16.8 Å². The number of hydrogen-bond donors (Lipinski definition) is 4. The number of carboxylic acids is 1. The third kappa shape index (κ3) is 6.33. The minimum absolute atomic E-state index is 0. The fraction of sp³-hybridized carbons (Fsp3) is 0.438. The summed E-state index contributed by atoms with van der Waals surface area (Å²) in [7, 11) is 0. The zero-order chi connectivity index (χ0) is 17.5. The van der Waals surface area contributed by atoms with Crippen LogP contribution in [0.3, 0.4) is 0 Å². The van der Waals surface area contributed by atoms with Gasteiger partial charge in [-0.25, -0.2) is 4.79 Å². The molecule has 2 rings (SSSR count). The molecule has 0 saturated heterocycles. The topological polar surface area (TPSA) is 111 Å². The molecule has 0 bridgehead atoms. The first kappa shape index (κ1) is 20.9. The van der Waals surface area contributed by atoms with Crippen molar-refractivity contribution in [3.8, 4) is 0 Å². The molecule has 1 aliphatic rings. The van der Waals surface area contributed by atoms with Gasteiger partial charge in [-0.05, 0) is 24.1 Å². The van der Waals surface area contributed by atoms with Gasteiger partial charge in [-0.3, -0.25) is 9.59 Å². The Bertz CT molecular complexity index is 639. The molecule has 0 aliphatic carbocycles. The quantitative estimate of drug-likeness (QED) is 0.567. The molecule has 0 aromatic heterocycles. The van der Waals surface area contributed by atoms with Crippen LogP contribution in [-0.4, -0.2) is 66.4 Å². The summed E-state index contributed by atoms with van der Waals surface area (Å²) >= 11 is 0. The van der Waals surface area contributed by atoms with E-state index in [1.807, 2.05) is 25.1 Å². The van der Waals surface area contributed by atoms with Gasteiger partial charge in [0, 0.05) is 38.3 Å². The van der Waals surface area contributed by atoms with Crippen LogP contribution in [0.5, 0.6) is 0 Å². The van der Waals surface area contributed by atoms with Gasteiger partial charge in [0.25, 0.3) is 0 Å². The number of nitrogens with one attached hydrogen (secondary N) is 3. The molecule has 3 amide bonds. The third-order valence-corrected chi connectivity index (χ3v) is 3.77. The fourth-order valence-electron chi connectivity index (χ4n) is 2.51. The number of carboxylic acid groups (broad SMARTS) is 1. The summed E-state index contributed by atoms with van der Waals surface area (Å²) in [6, 6.07) is 5.24. The second-order valence-corrected chi connectivity index (χ2v) is 5.51. The van der Waals surface area contributed by atoms with E-state index in [0.29, 0.717) is 26.1 Å². The molecule has 0 spiro atoms. The van der Waals surface area contributed by atoms with E-state index < -0.39 is 18.5 Å². The van der Waals surface area contributed by atoms with E-state index in [9.17, 15) is 14.4 Å². The van der Waals surface area contributed by atoms with Crippen molar-refractivity contribution in [3.05, 3.63) is 29.3 Å². The van der Waals surface area contributed by atoms with Crippen LogP contribution in [0.2, 0.25) is 0 Å². The number of carbonyl (C=O) groups excluding carboxylic acids is 2. The Balaban J connectivity index is 0.00000312. The first-order valence-electron chi connectivity index (χ1n) is 7.86. The van der Waals surface area contributed by atoms with Crippen molar-refractivity contribution in [2.45, 2.75) is 26.4 Å². The van der Waals surface area contributed by atoms with Crippen molar-refractivity contribution in [1.29, 1.82) is 0 Å². The van der Waals surface area contributed by atoms with Crippen LogP contribution in [0, 0.1) is 0 Å². The van der Waals surface area contributed by atoms with Gasteiger partial charge in [0.2, 0.25) is 5.91 Å². The Kier molecular flexibility index (Phi) is 8.32. The van der Waals surface area contributed by atoms with Crippen molar-refractivity contribution < 1.29 is 19.5 Å². The molecular formula is C16H23LiN4O4. The van der Waals surface area contributed by atoms with E-state index in [1.165, 1.54) is 0 Å². The van der Waals surface area contributed by atoms with Gasteiger partial charge in [-0.2, -0.15) is 0 Å². The van der Waals surface area contributed by atoms with E-state index in [-0.39, 0.29) is 31.3 Å². The zero-order valence-corrected chi connectivity index (χ0v) is 13.6. The number of aliphatic carboxylic acids is 1. The van der Waals surface area contributed by atoms with Crippen LogP contribution in [0.4, 0.5) is 10.5 Å². The predicted molar refractivity (Wildman–Crippen MR) is 95.7 cm³/mol. The third-order valence-electron chi connectivity index (χ3n) is 3.77. The number of hydrogen-bond acceptors (Lipinski definition) is 4. The zero-order valence-electron chi connectivity index (χ0n) is 13.6. The Morgan fingerprint density at radius 3 is 2.76 bits per heavy atom. The van der Waals surface area contributed by atoms with Gasteiger partial charge >= 0.3 is 30.9 Å². The molecular weight excluding hydrogens is 319 g/mol. The summed E-state index contributed by atoms with van der Waals surface area (Å²) in [5.74, 6) is -0.978.